The fourth-order valence-electron chi connectivity index (χ4n) is 1.71. The third-order valence-electron chi connectivity index (χ3n) is 2.64. The number of nitrogens with one attached hydrogen (secondary N) is 1. The molecule has 88 valence electrons. The van der Waals surface area contributed by atoms with Gasteiger partial charge in [-0.2, -0.15) is 0 Å². The molecule has 2 heteroatoms. The third kappa shape index (κ3) is 4.17. The van der Waals surface area contributed by atoms with Gasteiger partial charge in [-0.1, -0.05) is 37.3 Å². The van der Waals surface area contributed by atoms with Gasteiger partial charge >= 0.3 is 0 Å². The van der Waals surface area contributed by atoms with Crippen LogP contribution in [0.25, 0.3) is 0 Å². The summed E-state index contributed by atoms with van der Waals surface area (Å²) in [6, 6.07) is 8.79. The van der Waals surface area contributed by atoms with Crippen LogP contribution in [0, 0.1) is 0 Å². The molecule has 0 saturated heterocycles. The number of hydrogen-bond acceptors (Lipinski definition) is 2. The summed E-state index contributed by atoms with van der Waals surface area (Å²) >= 11 is 0. The van der Waals surface area contributed by atoms with Crippen LogP contribution in [-0.4, -0.2) is 25.0 Å². The first-order chi connectivity index (χ1) is 7.80. The summed E-state index contributed by atoms with van der Waals surface area (Å²) < 4.78 is 0. The van der Waals surface area contributed by atoms with E-state index in [4.69, 9.17) is 0 Å². The van der Waals surface area contributed by atoms with Crippen LogP contribution < -0.4 is 5.32 Å². The molecular formula is C14H22N2. The quantitative estimate of drug-likeness (QED) is 0.707. The summed E-state index contributed by atoms with van der Waals surface area (Å²) in [4.78, 5) is 2.36. The molecule has 1 aromatic carbocycles. The average Bonchev–Trinajstić information content (AvgIpc) is 2.31. The zero-order valence-corrected chi connectivity index (χ0v) is 10.4. The fourth-order valence-corrected chi connectivity index (χ4v) is 1.71. The standard InChI is InChI=1S/C14H22N2/c1-4-10-16(5-2)12-14-8-6-13(7-9-14)11-15-3/h4,6-9,15H,1,5,10-12H2,2-3H3. The first kappa shape index (κ1) is 12.9. The highest BCUT2D eigenvalue weighted by Crippen LogP contribution is 2.07. The van der Waals surface area contributed by atoms with Crippen molar-refractivity contribution in [2.45, 2.75) is 20.0 Å². The topological polar surface area (TPSA) is 15.3 Å². The summed E-state index contributed by atoms with van der Waals surface area (Å²) in [6.45, 7) is 9.91. The highest BCUT2D eigenvalue weighted by molar-refractivity contribution is 5.22. The van der Waals surface area contributed by atoms with Gasteiger partial charge in [-0.15, -0.1) is 6.58 Å². The Bertz CT molecular complexity index is 303. The van der Waals surface area contributed by atoms with Crippen LogP contribution in [0.1, 0.15) is 18.1 Å². The zero-order chi connectivity index (χ0) is 11.8. The molecule has 0 aliphatic rings. The lowest BCUT2D eigenvalue weighted by Crippen LogP contribution is -2.22. The molecule has 0 unspecified atom stereocenters. The maximum absolute atomic E-state index is 3.78. The molecule has 0 saturated carbocycles. The zero-order valence-electron chi connectivity index (χ0n) is 10.4. The van der Waals surface area contributed by atoms with Crippen LogP contribution >= 0.6 is 0 Å². The van der Waals surface area contributed by atoms with Crippen molar-refractivity contribution in [3.8, 4) is 0 Å². The first-order valence-corrected chi connectivity index (χ1v) is 5.85. The Morgan fingerprint density at radius 3 is 2.38 bits per heavy atom. The minimum Gasteiger partial charge on any atom is -0.316 e. The fraction of sp³-hybridized carbons (Fsp3) is 0.429. The molecule has 2 nitrogen and oxygen atoms in total. The van der Waals surface area contributed by atoms with E-state index < -0.39 is 0 Å². The van der Waals surface area contributed by atoms with E-state index in [-0.39, 0.29) is 0 Å². The lowest BCUT2D eigenvalue weighted by molar-refractivity contribution is 0.311. The van der Waals surface area contributed by atoms with Crippen LogP contribution in [0.2, 0.25) is 0 Å². The van der Waals surface area contributed by atoms with Crippen molar-refractivity contribution < 1.29 is 0 Å². The summed E-state index contributed by atoms with van der Waals surface area (Å²) in [5, 5.41) is 3.15. The van der Waals surface area contributed by atoms with E-state index in [2.05, 4.69) is 48.0 Å². The normalized spacial score (nSPS) is 10.7. The van der Waals surface area contributed by atoms with Gasteiger partial charge in [-0.3, -0.25) is 4.90 Å². The molecule has 16 heavy (non-hydrogen) atoms. The Labute approximate surface area is 99.0 Å². The molecule has 0 bridgehead atoms. The van der Waals surface area contributed by atoms with Gasteiger partial charge in [0.2, 0.25) is 0 Å². The van der Waals surface area contributed by atoms with E-state index in [0.717, 1.165) is 26.2 Å². The predicted octanol–water partition coefficient (Wildman–Crippen LogP) is 2.41. The molecule has 0 heterocycles. The Kier molecular flexibility index (Phi) is 5.83. The minimum atomic E-state index is 0.935. The van der Waals surface area contributed by atoms with Crippen molar-refractivity contribution in [3.05, 3.63) is 48.0 Å². The van der Waals surface area contributed by atoms with Crippen LogP contribution in [0.4, 0.5) is 0 Å². The van der Waals surface area contributed by atoms with E-state index in [1.807, 2.05) is 13.1 Å². The molecule has 0 spiro atoms. The minimum absolute atomic E-state index is 0.935. The summed E-state index contributed by atoms with van der Waals surface area (Å²) in [7, 11) is 1.97. The van der Waals surface area contributed by atoms with E-state index in [1.54, 1.807) is 0 Å². The Balaban J connectivity index is 2.56. The van der Waals surface area contributed by atoms with Crippen molar-refractivity contribution in [1.82, 2.24) is 10.2 Å². The first-order valence-electron chi connectivity index (χ1n) is 5.85. The van der Waals surface area contributed by atoms with Gasteiger partial charge in [0.05, 0.1) is 0 Å². The molecule has 1 aromatic rings. The van der Waals surface area contributed by atoms with Gasteiger partial charge in [0.1, 0.15) is 0 Å². The van der Waals surface area contributed by atoms with Gasteiger partial charge in [-0.05, 0) is 24.7 Å². The van der Waals surface area contributed by atoms with E-state index in [9.17, 15) is 0 Å². The van der Waals surface area contributed by atoms with Gasteiger partial charge in [0, 0.05) is 19.6 Å². The predicted molar refractivity (Wildman–Crippen MR) is 70.4 cm³/mol. The van der Waals surface area contributed by atoms with Crippen LogP contribution in [0.15, 0.2) is 36.9 Å². The van der Waals surface area contributed by atoms with E-state index in [1.165, 1.54) is 11.1 Å². The van der Waals surface area contributed by atoms with Crippen LogP contribution in [-0.2, 0) is 13.1 Å². The van der Waals surface area contributed by atoms with E-state index >= 15 is 0 Å². The average molecular weight is 218 g/mol. The smallest absolute Gasteiger partial charge is 0.0236 e. The molecule has 0 aliphatic heterocycles. The van der Waals surface area contributed by atoms with Crippen molar-refractivity contribution in [3.63, 3.8) is 0 Å². The number of hydrogen-bond donors (Lipinski definition) is 1. The van der Waals surface area contributed by atoms with E-state index in [0.29, 0.717) is 0 Å². The highest BCUT2D eigenvalue weighted by atomic mass is 15.1. The SMILES string of the molecule is C=CCN(CC)Cc1ccc(CNC)cc1. The Hall–Kier alpha value is -1.12. The second-order valence-electron chi connectivity index (χ2n) is 3.96. The third-order valence-corrected chi connectivity index (χ3v) is 2.64. The van der Waals surface area contributed by atoms with Crippen LogP contribution in [0.5, 0.6) is 0 Å². The highest BCUT2D eigenvalue weighted by Gasteiger charge is 2.01. The van der Waals surface area contributed by atoms with Crippen LogP contribution in [0.3, 0.4) is 0 Å². The molecule has 1 N–H and O–H groups in total. The molecule has 0 atom stereocenters. The largest absolute Gasteiger partial charge is 0.316 e. The maximum Gasteiger partial charge on any atom is 0.0236 e. The molecule has 0 radical (unpaired) electrons. The Morgan fingerprint density at radius 1 is 1.25 bits per heavy atom. The lowest BCUT2D eigenvalue weighted by atomic mass is 10.1. The van der Waals surface area contributed by atoms with Crippen molar-refractivity contribution in [2.75, 3.05) is 20.1 Å². The number of benzene rings is 1. The number of rotatable bonds is 7. The molecule has 0 fully saturated rings. The summed E-state index contributed by atoms with van der Waals surface area (Å²) in [6.07, 6.45) is 1.96. The monoisotopic (exact) mass is 218 g/mol. The second-order valence-corrected chi connectivity index (χ2v) is 3.96. The number of nitrogens with zero attached hydrogens (tertiary/aromatic N) is 1. The summed E-state index contributed by atoms with van der Waals surface area (Å²) in [5.74, 6) is 0. The Morgan fingerprint density at radius 2 is 1.88 bits per heavy atom. The second kappa shape index (κ2) is 7.20. The van der Waals surface area contributed by atoms with Gasteiger partial charge < -0.3 is 5.32 Å². The van der Waals surface area contributed by atoms with Crippen molar-refractivity contribution >= 4 is 0 Å². The number of likely N-dealkylation sites (N-methyl/N-ethyl adjacent to an activating group) is 1. The van der Waals surface area contributed by atoms with Crippen molar-refractivity contribution in [1.29, 1.82) is 0 Å². The lowest BCUT2D eigenvalue weighted by Gasteiger charge is -2.18. The van der Waals surface area contributed by atoms with Gasteiger partial charge in [0.15, 0.2) is 0 Å². The van der Waals surface area contributed by atoms with Gasteiger partial charge in [-0.25, -0.2) is 0 Å². The molecule has 0 amide bonds. The maximum atomic E-state index is 3.78. The molecule has 0 aliphatic carbocycles. The van der Waals surface area contributed by atoms with Gasteiger partial charge in [0.25, 0.3) is 0 Å². The van der Waals surface area contributed by atoms with Crippen molar-refractivity contribution in [2.24, 2.45) is 0 Å². The molecule has 1 rings (SSSR count). The molecular weight excluding hydrogens is 196 g/mol. The molecule has 0 aromatic heterocycles. The summed E-state index contributed by atoms with van der Waals surface area (Å²) in [5.41, 5.74) is 2.70.